The van der Waals surface area contributed by atoms with Crippen LogP contribution in [0.5, 0.6) is 0 Å². The van der Waals surface area contributed by atoms with Crippen LogP contribution in [0.1, 0.15) is 30.0 Å². The first kappa shape index (κ1) is 29.9. The van der Waals surface area contributed by atoms with Crippen LogP contribution in [-0.4, -0.2) is 82.6 Å². The van der Waals surface area contributed by atoms with E-state index in [0.717, 1.165) is 51.7 Å². The van der Waals surface area contributed by atoms with Gasteiger partial charge in [-0.1, -0.05) is 48.5 Å². The quantitative estimate of drug-likeness (QED) is 0.249. The first-order valence-electron chi connectivity index (χ1n) is 16.2. The molecule has 0 saturated carbocycles. The van der Waals surface area contributed by atoms with Crippen molar-refractivity contribution >= 4 is 39.6 Å². The van der Waals surface area contributed by atoms with Crippen LogP contribution in [0.15, 0.2) is 83.8 Å². The number of benzene rings is 3. The second-order valence-corrected chi connectivity index (χ2v) is 13.0. The fourth-order valence-electron chi connectivity index (χ4n) is 7.44. The summed E-state index contributed by atoms with van der Waals surface area (Å²) in [5, 5.41) is 4.21. The van der Waals surface area contributed by atoms with Crippen molar-refractivity contribution in [3.8, 4) is 0 Å². The number of carbonyl (C=O) groups excluding carboxylic acids is 2. The Labute approximate surface area is 268 Å². The Morgan fingerprint density at radius 2 is 1.67 bits per heavy atom. The highest BCUT2D eigenvalue weighted by molar-refractivity contribution is 6.00. The summed E-state index contributed by atoms with van der Waals surface area (Å²) >= 11 is 0. The molecule has 0 aliphatic carbocycles. The largest absolute Gasteiger partial charge is 0.361 e. The summed E-state index contributed by atoms with van der Waals surface area (Å²) in [6, 6.07) is 22.9. The third-order valence-corrected chi connectivity index (χ3v) is 9.56. The molecule has 1 unspecified atom stereocenters. The Morgan fingerprint density at radius 1 is 0.957 bits per heavy atom. The standard InChI is InChI=1S/C36H41N7O3/c1-40(2)22-24-19-25-9-3-7-13-32(25)42(23-24)34(44)31(20-26-21-37-29-11-5-4-10-28(26)29)39-35(45)41-17-15-27(16-18-41)43-33-14-8-6-12-30(33)38-36(43)46/h3-14,21,24,27,31,37H,15-20,22-23H2,1-2H3,(H,38,46)(H,39,45)/t24-,31?/m1/s1. The molecule has 5 aromatic rings. The lowest BCUT2D eigenvalue weighted by Crippen LogP contribution is -2.56. The van der Waals surface area contributed by atoms with Crippen molar-refractivity contribution in [1.29, 1.82) is 0 Å². The van der Waals surface area contributed by atoms with E-state index in [0.29, 0.717) is 38.9 Å². The van der Waals surface area contributed by atoms with Gasteiger partial charge in [0.15, 0.2) is 0 Å². The van der Waals surface area contributed by atoms with Gasteiger partial charge in [0.05, 0.1) is 11.0 Å². The van der Waals surface area contributed by atoms with Gasteiger partial charge in [-0.2, -0.15) is 0 Å². The Bertz CT molecular complexity index is 1930. The van der Waals surface area contributed by atoms with E-state index in [1.165, 1.54) is 0 Å². The molecule has 2 aliphatic heterocycles. The number of fused-ring (bicyclic) bond motifs is 3. The highest BCUT2D eigenvalue weighted by atomic mass is 16.2. The zero-order valence-electron chi connectivity index (χ0n) is 26.4. The number of hydrogen-bond acceptors (Lipinski definition) is 4. The number of amides is 3. The minimum absolute atomic E-state index is 0.00479. The average molecular weight is 620 g/mol. The Balaban J connectivity index is 1.13. The molecule has 2 atom stereocenters. The van der Waals surface area contributed by atoms with Crippen LogP contribution in [0.25, 0.3) is 21.9 Å². The van der Waals surface area contributed by atoms with Gasteiger partial charge in [-0.05, 0) is 74.7 Å². The van der Waals surface area contributed by atoms with Crippen molar-refractivity contribution < 1.29 is 9.59 Å². The maximum Gasteiger partial charge on any atom is 0.326 e. The average Bonchev–Trinajstić information content (AvgIpc) is 3.63. The lowest BCUT2D eigenvalue weighted by atomic mass is 9.91. The summed E-state index contributed by atoms with van der Waals surface area (Å²) in [5.74, 6) is 0.181. The van der Waals surface area contributed by atoms with Gasteiger partial charge >= 0.3 is 11.7 Å². The van der Waals surface area contributed by atoms with Crippen LogP contribution in [0.4, 0.5) is 10.5 Å². The number of para-hydroxylation sites is 4. The zero-order valence-corrected chi connectivity index (χ0v) is 26.4. The van der Waals surface area contributed by atoms with Crippen LogP contribution < -0.4 is 15.9 Å². The second kappa shape index (κ2) is 12.5. The second-order valence-electron chi connectivity index (χ2n) is 13.0. The number of aromatic amines is 2. The van der Waals surface area contributed by atoms with Gasteiger partial charge in [0.2, 0.25) is 5.91 Å². The number of hydrogen-bond donors (Lipinski definition) is 3. The van der Waals surface area contributed by atoms with E-state index in [4.69, 9.17) is 0 Å². The number of rotatable bonds is 7. The van der Waals surface area contributed by atoms with Gasteiger partial charge in [0.1, 0.15) is 6.04 Å². The molecular weight excluding hydrogens is 578 g/mol. The maximum atomic E-state index is 14.6. The fourth-order valence-corrected chi connectivity index (χ4v) is 7.44. The van der Waals surface area contributed by atoms with Crippen LogP contribution in [0.3, 0.4) is 0 Å². The van der Waals surface area contributed by atoms with Gasteiger partial charge in [0, 0.05) is 61.4 Å². The molecule has 0 spiro atoms. The molecule has 238 valence electrons. The lowest BCUT2D eigenvalue weighted by molar-refractivity contribution is -0.120. The number of anilines is 1. The number of imidazole rings is 1. The Hall–Kier alpha value is -4.83. The molecule has 3 aromatic carbocycles. The molecule has 2 aliphatic rings. The maximum absolute atomic E-state index is 14.6. The number of likely N-dealkylation sites (tertiary alicyclic amines) is 1. The number of aromatic nitrogens is 3. The van der Waals surface area contributed by atoms with Crippen molar-refractivity contribution in [1.82, 2.24) is 29.7 Å². The summed E-state index contributed by atoms with van der Waals surface area (Å²) in [5.41, 5.74) is 5.64. The number of H-pyrrole nitrogens is 2. The van der Waals surface area contributed by atoms with Crippen molar-refractivity contribution in [2.75, 3.05) is 45.2 Å². The summed E-state index contributed by atoms with van der Waals surface area (Å²) in [6.07, 6.45) is 4.53. The van der Waals surface area contributed by atoms with E-state index in [1.54, 1.807) is 4.90 Å². The molecular formula is C36H41N7O3. The normalized spacial score (nSPS) is 17.8. The van der Waals surface area contributed by atoms with Crippen molar-refractivity contribution in [3.63, 3.8) is 0 Å². The number of carbonyl (C=O) groups is 2. The monoisotopic (exact) mass is 619 g/mol. The van der Waals surface area contributed by atoms with Gasteiger partial charge in [-0.3, -0.25) is 9.36 Å². The predicted molar refractivity (Wildman–Crippen MR) is 181 cm³/mol. The first-order chi connectivity index (χ1) is 22.4. The molecule has 3 N–H and O–H groups in total. The van der Waals surface area contributed by atoms with E-state index in [2.05, 4.69) is 40.3 Å². The third-order valence-electron chi connectivity index (χ3n) is 9.56. The molecule has 7 rings (SSSR count). The van der Waals surface area contributed by atoms with Crippen molar-refractivity contribution in [2.24, 2.45) is 5.92 Å². The Kier molecular flexibility index (Phi) is 8.12. The van der Waals surface area contributed by atoms with Crippen LogP contribution in [0.2, 0.25) is 0 Å². The highest BCUT2D eigenvalue weighted by Gasteiger charge is 2.35. The van der Waals surface area contributed by atoms with Crippen LogP contribution in [0, 0.1) is 5.92 Å². The molecule has 10 heteroatoms. The molecule has 1 saturated heterocycles. The van der Waals surface area contributed by atoms with Crippen molar-refractivity contribution in [3.05, 3.63) is 101 Å². The molecule has 10 nitrogen and oxygen atoms in total. The summed E-state index contributed by atoms with van der Waals surface area (Å²) in [7, 11) is 4.12. The highest BCUT2D eigenvalue weighted by Crippen LogP contribution is 2.31. The van der Waals surface area contributed by atoms with E-state index in [-0.39, 0.29) is 29.6 Å². The summed E-state index contributed by atoms with van der Waals surface area (Å²) in [4.78, 5) is 53.4. The molecule has 0 bridgehead atoms. The Morgan fingerprint density at radius 3 is 2.48 bits per heavy atom. The van der Waals surface area contributed by atoms with Gasteiger partial charge < -0.3 is 30.0 Å². The van der Waals surface area contributed by atoms with Gasteiger partial charge in [0.25, 0.3) is 0 Å². The third kappa shape index (κ3) is 5.80. The topological polar surface area (TPSA) is 109 Å². The smallest absolute Gasteiger partial charge is 0.326 e. The lowest BCUT2D eigenvalue weighted by Gasteiger charge is -2.38. The van der Waals surface area contributed by atoms with E-state index >= 15 is 0 Å². The van der Waals surface area contributed by atoms with Gasteiger partial charge in [-0.15, -0.1) is 0 Å². The number of nitrogens with zero attached hydrogens (tertiary/aromatic N) is 4. The zero-order chi connectivity index (χ0) is 31.8. The van der Waals surface area contributed by atoms with Crippen molar-refractivity contribution in [2.45, 2.75) is 37.8 Å². The number of urea groups is 1. The van der Waals surface area contributed by atoms with E-state index < -0.39 is 6.04 Å². The number of nitrogens with one attached hydrogen (secondary N) is 3. The molecule has 46 heavy (non-hydrogen) atoms. The fraction of sp³-hybridized carbons (Fsp3) is 0.361. The summed E-state index contributed by atoms with van der Waals surface area (Å²) < 4.78 is 1.83. The van der Waals surface area contributed by atoms with Crippen LogP contribution >= 0.6 is 0 Å². The van der Waals surface area contributed by atoms with Gasteiger partial charge in [-0.25, -0.2) is 9.59 Å². The molecule has 3 amide bonds. The molecule has 4 heterocycles. The first-order valence-corrected chi connectivity index (χ1v) is 16.2. The molecule has 1 fully saturated rings. The SMILES string of the molecule is CN(C)C[C@H]1Cc2ccccc2N(C(=O)C(Cc2c[nH]c3ccccc23)NC(=O)N2CCC(n3c(=O)[nH]c4ccccc43)CC2)C1. The molecule has 0 radical (unpaired) electrons. The van der Waals surface area contributed by atoms with E-state index in [1.807, 2.05) is 82.4 Å². The summed E-state index contributed by atoms with van der Waals surface area (Å²) in [6.45, 7) is 2.45. The minimum Gasteiger partial charge on any atom is -0.361 e. The minimum atomic E-state index is -0.758. The molecule has 2 aromatic heterocycles. The number of piperidine rings is 1. The van der Waals surface area contributed by atoms with E-state index in [9.17, 15) is 14.4 Å². The predicted octanol–water partition coefficient (Wildman–Crippen LogP) is 4.54. The van der Waals surface area contributed by atoms with Crippen LogP contribution in [-0.2, 0) is 17.6 Å².